The molecule has 0 amide bonds. The molecule has 1 aromatic carbocycles. The Kier molecular flexibility index (Phi) is 3.35. The second-order valence-corrected chi connectivity index (χ2v) is 3.27. The largest absolute Gasteiger partial charge is 0.507 e. The molecule has 0 unspecified atom stereocenters. The second kappa shape index (κ2) is 4.31. The Morgan fingerprint density at radius 1 is 0.923 bits per heavy atom. The van der Waals surface area contributed by atoms with Gasteiger partial charge in [0.25, 0.3) is 0 Å². The zero-order valence-electron chi connectivity index (χ0n) is 8.72. The van der Waals surface area contributed by atoms with E-state index in [-0.39, 0.29) is 0 Å². The molecule has 0 aliphatic rings. The molecule has 1 N–H and O–H groups in total. The Labute approximate surface area is 80.4 Å². The zero-order valence-corrected chi connectivity index (χ0v) is 8.72. The predicted octanol–water partition coefficient (Wildman–Crippen LogP) is 3.08. The molecule has 13 heavy (non-hydrogen) atoms. The second-order valence-electron chi connectivity index (χ2n) is 3.27. The Morgan fingerprint density at radius 2 is 1.46 bits per heavy atom. The van der Waals surface area contributed by atoms with Crippen LogP contribution in [0.25, 0.3) is 0 Å². The smallest absolute Gasteiger partial charge is 0.122 e. The summed E-state index contributed by atoms with van der Waals surface area (Å²) in [5.74, 6) is 0.518. The molecule has 72 valence electrons. The minimum absolute atomic E-state index is 0.518. The molecule has 0 bridgehead atoms. The molecule has 1 rings (SSSR count). The lowest BCUT2D eigenvalue weighted by Crippen LogP contribution is -1.94. The first-order valence-corrected chi connectivity index (χ1v) is 5.07. The Hall–Kier alpha value is -0.980. The standard InChI is InChI=1S/C12H18O/c1-4-9-7-8-10(5-2)12(13)11(9)6-3/h7-8,13H,4-6H2,1-3H3. The van der Waals surface area contributed by atoms with Crippen LogP contribution >= 0.6 is 0 Å². The first-order valence-electron chi connectivity index (χ1n) is 5.07. The van der Waals surface area contributed by atoms with Crippen LogP contribution in [-0.2, 0) is 19.3 Å². The fourth-order valence-corrected chi connectivity index (χ4v) is 1.74. The van der Waals surface area contributed by atoms with E-state index in [1.54, 1.807) is 0 Å². The van der Waals surface area contributed by atoms with Crippen molar-refractivity contribution in [1.29, 1.82) is 0 Å². The van der Waals surface area contributed by atoms with Crippen molar-refractivity contribution in [2.45, 2.75) is 40.0 Å². The monoisotopic (exact) mass is 178 g/mol. The third-order valence-electron chi connectivity index (χ3n) is 2.58. The molecular weight excluding hydrogens is 160 g/mol. The molecular formula is C12H18O. The van der Waals surface area contributed by atoms with E-state index in [4.69, 9.17) is 0 Å². The summed E-state index contributed by atoms with van der Waals surface area (Å²) in [5, 5.41) is 9.90. The SMILES string of the molecule is CCc1ccc(CC)c(CC)c1O. The summed E-state index contributed by atoms with van der Waals surface area (Å²) in [6.07, 6.45) is 2.83. The minimum atomic E-state index is 0.518. The Bertz CT molecular complexity index is 289. The molecule has 1 heteroatoms. The molecule has 0 saturated heterocycles. The maximum absolute atomic E-state index is 9.90. The molecule has 0 radical (unpaired) electrons. The van der Waals surface area contributed by atoms with Gasteiger partial charge in [-0.05, 0) is 36.0 Å². The molecule has 1 aromatic rings. The van der Waals surface area contributed by atoms with Crippen LogP contribution in [0.4, 0.5) is 0 Å². The van der Waals surface area contributed by atoms with Gasteiger partial charge in [-0.1, -0.05) is 32.9 Å². The highest BCUT2D eigenvalue weighted by Gasteiger charge is 2.08. The lowest BCUT2D eigenvalue weighted by Gasteiger charge is -2.11. The van der Waals surface area contributed by atoms with Crippen molar-refractivity contribution in [3.63, 3.8) is 0 Å². The van der Waals surface area contributed by atoms with Gasteiger partial charge >= 0.3 is 0 Å². The average molecular weight is 178 g/mol. The number of hydrogen-bond donors (Lipinski definition) is 1. The maximum Gasteiger partial charge on any atom is 0.122 e. The molecule has 0 aliphatic carbocycles. The molecule has 0 spiro atoms. The third-order valence-corrected chi connectivity index (χ3v) is 2.58. The summed E-state index contributed by atoms with van der Waals surface area (Å²) < 4.78 is 0. The summed E-state index contributed by atoms with van der Waals surface area (Å²) >= 11 is 0. The van der Waals surface area contributed by atoms with Gasteiger partial charge in [0.05, 0.1) is 0 Å². The summed E-state index contributed by atoms with van der Waals surface area (Å²) in [6.45, 7) is 6.29. The normalized spacial score (nSPS) is 10.4. The van der Waals surface area contributed by atoms with Gasteiger partial charge in [0.15, 0.2) is 0 Å². The van der Waals surface area contributed by atoms with Gasteiger partial charge in [-0.2, -0.15) is 0 Å². The topological polar surface area (TPSA) is 20.2 Å². The molecule has 0 aromatic heterocycles. The van der Waals surface area contributed by atoms with Crippen molar-refractivity contribution < 1.29 is 5.11 Å². The van der Waals surface area contributed by atoms with Gasteiger partial charge in [-0.25, -0.2) is 0 Å². The predicted molar refractivity (Wildman–Crippen MR) is 56.2 cm³/mol. The average Bonchev–Trinajstić information content (AvgIpc) is 2.17. The first-order chi connectivity index (χ1) is 6.24. The molecule has 0 saturated carbocycles. The van der Waals surface area contributed by atoms with Crippen LogP contribution in [0.15, 0.2) is 12.1 Å². The van der Waals surface area contributed by atoms with Gasteiger partial charge in [0.1, 0.15) is 5.75 Å². The highest BCUT2D eigenvalue weighted by Crippen LogP contribution is 2.27. The van der Waals surface area contributed by atoms with Gasteiger partial charge in [-0.15, -0.1) is 0 Å². The van der Waals surface area contributed by atoms with Gasteiger partial charge < -0.3 is 5.11 Å². The minimum Gasteiger partial charge on any atom is -0.507 e. The molecule has 0 fully saturated rings. The number of hydrogen-bond acceptors (Lipinski definition) is 1. The van der Waals surface area contributed by atoms with Crippen LogP contribution < -0.4 is 0 Å². The van der Waals surface area contributed by atoms with Crippen molar-refractivity contribution in [2.24, 2.45) is 0 Å². The summed E-state index contributed by atoms with van der Waals surface area (Å²) in [7, 11) is 0. The van der Waals surface area contributed by atoms with E-state index in [2.05, 4.69) is 26.8 Å². The van der Waals surface area contributed by atoms with Crippen molar-refractivity contribution in [3.05, 3.63) is 28.8 Å². The van der Waals surface area contributed by atoms with Gasteiger partial charge in [0, 0.05) is 0 Å². The van der Waals surface area contributed by atoms with E-state index in [0.717, 1.165) is 30.4 Å². The first kappa shape index (κ1) is 10.1. The van der Waals surface area contributed by atoms with Gasteiger partial charge in [0.2, 0.25) is 0 Å². The van der Waals surface area contributed by atoms with E-state index in [1.807, 2.05) is 6.07 Å². The van der Waals surface area contributed by atoms with Crippen LogP contribution in [0, 0.1) is 0 Å². The Morgan fingerprint density at radius 3 is 1.92 bits per heavy atom. The quantitative estimate of drug-likeness (QED) is 0.754. The van der Waals surface area contributed by atoms with Crippen LogP contribution in [0.5, 0.6) is 5.75 Å². The number of phenols is 1. The van der Waals surface area contributed by atoms with Crippen molar-refractivity contribution in [3.8, 4) is 5.75 Å². The lowest BCUT2D eigenvalue weighted by atomic mass is 9.97. The van der Waals surface area contributed by atoms with E-state index in [9.17, 15) is 5.11 Å². The number of aryl methyl sites for hydroxylation is 2. The molecule has 0 aliphatic heterocycles. The fraction of sp³-hybridized carbons (Fsp3) is 0.500. The highest BCUT2D eigenvalue weighted by molar-refractivity contribution is 5.45. The summed E-state index contributed by atoms with van der Waals surface area (Å²) in [4.78, 5) is 0. The highest BCUT2D eigenvalue weighted by atomic mass is 16.3. The molecule has 0 heterocycles. The van der Waals surface area contributed by atoms with Crippen molar-refractivity contribution in [2.75, 3.05) is 0 Å². The van der Waals surface area contributed by atoms with E-state index >= 15 is 0 Å². The Balaban J connectivity index is 3.23. The van der Waals surface area contributed by atoms with Crippen LogP contribution in [-0.4, -0.2) is 5.11 Å². The van der Waals surface area contributed by atoms with Crippen molar-refractivity contribution >= 4 is 0 Å². The third kappa shape index (κ3) is 1.85. The van der Waals surface area contributed by atoms with Crippen LogP contribution in [0.2, 0.25) is 0 Å². The zero-order chi connectivity index (χ0) is 9.84. The number of rotatable bonds is 3. The van der Waals surface area contributed by atoms with Crippen LogP contribution in [0.3, 0.4) is 0 Å². The number of benzene rings is 1. The van der Waals surface area contributed by atoms with Gasteiger partial charge in [-0.3, -0.25) is 0 Å². The fourth-order valence-electron chi connectivity index (χ4n) is 1.74. The van der Waals surface area contributed by atoms with Crippen molar-refractivity contribution in [1.82, 2.24) is 0 Å². The molecule has 0 atom stereocenters. The number of phenolic OH excluding ortho intramolecular Hbond substituents is 1. The van der Waals surface area contributed by atoms with E-state index < -0.39 is 0 Å². The maximum atomic E-state index is 9.90. The molecule has 1 nitrogen and oxygen atoms in total. The summed E-state index contributed by atoms with van der Waals surface area (Å²) in [5.41, 5.74) is 3.47. The lowest BCUT2D eigenvalue weighted by molar-refractivity contribution is 0.461. The van der Waals surface area contributed by atoms with E-state index in [0.29, 0.717) is 5.75 Å². The summed E-state index contributed by atoms with van der Waals surface area (Å²) in [6, 6.07) is 4.17. The van der Waals surface area contributed by atoms with E-state index in [1.165, 1.54) is 5.56 Å². The van der Waals surface area contributed by atoms with Crippen LogP contribution in [0.1, 0.15) is 37.5 Å². The number of aromatic hydroxyl groups is 1.